The number of hydrogen-bond donors (Lipinski definition) is 1. The molecule has 0 radical (unpaired) electrons. The Balaban J connectivity index is 1.61. The Bertz CT molecular complexity index is 837. The third-order valence-electron chi connectivity index (χ3n) is 11.8. The van der Waals surface area contributed by atoms with Crippen molar-refractivity contribution in [2.24, 2.45) is 58.2 Å². The van der Waals surface area contributed by atoms with Gasteiger partial charge in [0.2, 0.25) is 0 Å². The number of fused-ring (bicyclic) bond motifs is 5. The number of esters is 1. The molecule has 4 fully saturated rings. The molecule has 1 unspecified atom stereocenters. The lowest BCUT2D eigenvalue weighted by atomic mass is 9.41. The predicted octanol–water partition coefficient (Wildman–Crippen LogP) is 5.62. The van der Waals surface area contributed by atoms with Crippen LogP contribution in [0.15, 0.2) is 0 Å². The van der Waals surface area contributed by atoms with E-state index in [2.05, 4.69) is 20.8 Å². The number of rotatable bonds is 7. The molecular weight excluding hydrogens is 440 g/mol. The Morgan fingerprint density at radius 2 is 1.71 bits per heavy atom. The highest BCUT2D eigenvalue weighted by Gasteiger charge is 2.66. The van der Waals surface area contributed by atoms with E-state index in [0.29, 0.717) is 60.1 Å². The van der Waals surface area contributed by atoms with Crippen LogP contribution in [0.25, 0.3) is 0 Å². The molecule has 0 aromatic heterocycles. The van der Waals surface area contributed by atoms with Crippen molar-refractivity contribution in [3.05, 3.63) is 0 Å². The van der Waals surface area contributed by atoms with Gasteiger partial charge in [0.05, 0.1) is 12.7 Å². The molecule has 5 heteroatoms. The number of carbonyl (C=O) groups is 3. The molecule has 0 aromatic carbocycles. The molecule has 0 heterocycles. The highest BCUT2D eigenvalue weighted by atomic mass is 16.5. The summed E-state index contributed by atoms with van der Waals surface area (Å²) in [5.74, 6) is 2.68. The lowest BCUT2D eigenvalue weighted by Crippen LogP contribution is -2.61. The standard InChI is InChI=1S/C30H48O5/c1-7-35-27(34)11-8-17(2)23-9-10-24-28-22(19(4)32)15-21-14-20(18(3)31)12-13-29(21,5)25(28)16-26(33)30(23,24)6/h17,20-26,28,33H,7-16H2,1-6H3/t17-,20-,21?,22+,23-,24+,25+,26+,28+,29+,30-/m1/s1. The van der Waals surface area contributed by atoms with E-state index in [1.807, 2.05) is 6.92 Å². The summed E-state index contributed by atoms with van der Waals surface area (Å²) in [6, 6.07) is 0. The van der Waals surface area contributed by atoms with Crippen LogP contribution < -0.4 is 0 Å². The maximum Gasteiger partial charge on any atom is 0.305 e. The summed E-state index contributed by atoms with van der Waals surface area (Å²) < 4.78 is 5.16. The van der Waals surface area contributed by atoms with Crippen molar-refractivity contribution in [1.82, 2.24) is 0 Å². The fourth-order valence-corrected chi connectivity index (χ4v) is 9.78. The van der Waals surface area contributed by atoms with Gasteiger partial charge < -0.3 is 9.84 Å². The minimum atomic E-state index is -0.389. The first kappa shape index (κ1) is 26.8. The Hall–Kier alpha value is -1.23. The van der Waals surface area contributed by atoms with Gasteiger partial charge in [-0.2, -0.15) is 0 Å². The van der Waals surface area contributed by atoms with Gasteiger partial charge in [0, 0.05) is 18.3 Å². The summed E-state index contributed by atoms with van der Waals surface area (Å²) in [5.41, 5.74) is -0.124. The van der Waals surface area contributed by atoms with Crippen LogP contribution in [-0.4, -0.2) is 35.4 Å². The number of ether oxygens (including phenoxy) is 1. The van der Waals surface area contributed by atoms with Gasteiger partial charge in [0.1, 0.15) is 11.6 Å². The third-order valence-corrected chi connectivity index (χ3v) is 11.8. The maximum absolute atomic E-state index is 13.1. The van der Waals surface area contributed by atoms with E-state index < -0.39 is 0 Å². The Morgan fingerprint density at radius 1 is 1.00 bits per heavy atom. The van der Waals surface area contributed by atoms with Crippen LogP contribution in [0.2, 0.25) is 0 Å². The second kappa shape index (κ2) is 9.91. The molecule has 0 spiro atoms. The van der Waals surface area contributed by atoms with Gasteiger partial charge in [-0.25, -0.2) is 0 Å². The van der Waals surface area contributed by atoms with Gasteiger partial charge in [-0.1, -0.05) is 20.8 Å². The largest absolute Gasteiger partial charge is 0.466 e. The molecule has 0 bridgehead atoms. The van der Waals surface area contributed by atoms with Gasteiger partial charge >= 0.3 is 5.97 Å². The van der Waals surface area contributed by atoms with Crippen molar-refractivity contribution < 1.29 is 24.2 Å². The van der Waals surface area contributed by atoms with E-state index in [-0.39, 0.29) is 34.7 Å². The van der Waals surface area contributed by atoms with Crippen molar-refractivity contribution in [2.75, 3.05) is 6.61 Å². The van der Waals surface area contributed by atoms with Crippen molar-refractivity contribution in [3.8, 4) is 0 Å². The molecule has 4 rings (SSSR count). The molecule has 0 aliphatic heterocycles. The van der Waals surface area contributed by atoms with Gasteiger partial charge in [0.15, 0.2) is 0 Å². The van der Waals surface area contributed by atoms with E-state index in [9.17, 15) is 19.5 Å². The smallest absolute Gasteiger partial charge is 0.305 e. The molecular formula is C30H48O5. The lowest BCUT2D eigenvalue weighted by molar-refractivity contribution is -0.191. The summed E-state index contributed by atoms with van der Waals surface area (Å²) in [6.45, 7) is 12.7. The van der Waals surface area contributed by atoms with Crippen molar-refractivity contribution >= 4 is 17.5 Å². The van der Waals surface area contributed by atoms with Crippen molar-refractivity contribution in [2.45, 2.75) is 105 Å². The van der Waals surface area contributed by atoms with Crippen LogP contribution in [0.1, 0.15) is 99.3 Å². The number of aliphatic hydroxyl groups is 1. The normalized spacial score (nSPS) is 45.6. The number of Topliss-reactive ketones (excluding diaryl/α,β-unsaturated/α-hetero) is 2. The first-order valence-corrected chi connectivity index (χ1v) is 14.3. The average molecular weight is 489 g/mol. The fourth-order valence-electron chi connectivity index (χ4n) is 9.78. The minimum Gasteiger partial charge on any atom is -0.466 e. The molecule has 5 nitrogen and oxygen atoms in total. The summed E-state index contributed by atoms with van der Waals surface area (Å²) in [6.07, 6.45) is 7.50. The zero-order valence-corrected chi connectivity index (χ0v) is 22.8. The van der Waals surface area contributed by atoms with Gasteiger partial charge in [-0.15, -0.1) is 0 Å². The quantitative estimate of drug-likeness (QED) is 0.471. The van der Waals surface area contributed by atoms with Gasteiger partial charge in [0.25, 0.3) is 0 Å². The van der Waals surface area contributed by atoms with Crippen LogP contribution in [0.5, 0.6) is 0 Å². The fraction of sp³-hybridized carbons (Fsp3) is 0.900. The lowest BCUT2D eigenvalue weighted by Gasteiger charge is -2.64. The monoisotopic (exact) mass is 488 g/mol. The zero-order chi connectivity index (χ0) is 25.7. The Labute approximate surface area is 212 Å². The molecule has 0 saturated heterocycles. The molecule has 4 aliphatic carbocycles. The molecule has 4 saturated carbocycles. The van der Waals surface area contributed by atoms with E-state index in [1.165, 1.54) is 0 Å². The first-order valence-electron chi connectivity index (χ1n) is 14.3. The van der Waals surface area contributed by atoms with Crippen LogP contribution in [0, 0.1) is 58.2 Å². The topological polar surface area (TPSA) is 80.7 Å². The molecule has 1 N–H and O–H groups in total. The van der Waals surface area contributed by atoms with Gasteiger partial charge in [-0.05, 0) is 118 Å². The predicted molar refractivity (Wildman–Crippen MR) is 135 cm³/mol. The van der Waals surface area contributed by atoms with Crippen molar-refractivity contribution in [3.63, 3.8) is 0 Å². The highest BCUT2D eigenvalue weighted by Crippen LogP contribution is 2.70. The second-order valence-corrected chi connectivity index (χ2v) is 13.2. The highest BCUT2D eigenvalue weighted by molar-refractivity contribution is 5.79. The second-order valence-electron chi connectivity index (χ2n) is 13.2. The van der Waals surface area contributed by atoms with Crippen LogP contribution in [-0.2, 0) is 19.1 Å². The summed E-state index contributed by atoms with van der Waals surface area (Å²) >= 11 is 0. The zero-order valence-electron chi connectivity index (χ0n) is 22.8. The summed E-state index contributed by atoms with van der Waals surface area (Å²) in [7, 11) is 0. The Morgan fingerprint density at radius 3 is 2.34 bits per heavy atom. The average Bonchev–Trinajstić information content (AvgIpc) is 3.16. The number of hydrogen-bond acceptors (Lipinski definition) is 5. The number of carbonyl (C=O) groups excluding carboxylic acids is 3. The molecule has 198 valence electrons. The van der Waals surface area contributed by atoms with E-state index in [4.69, 9.17) is 4.74 Å². The van der Waals surface area contributed by atoms with E-state index in [0.717, 1.165) is 51.4 Å². The van der Waals surface area contributed by atoms with Crippen LogP contribution in [0.4, 0.5) is 0 Å². The van der Waals surface area contributed by atoms with Crippen LogP contribution >= 0.6 is 0 Å². The maximum atomic E-state index is 13.1. The molecule has 11 atom stereocenters. The first-order chi connectivity index (χ1) is 16.4. The summed E-state index contributed by atoms with van der Waals surface area (Å²) in [5, 5.41) is 11.8. The minimum absolute atomic E-state index is 0.0363. The Kier molecular flexibility index (Phi) is 7.60. The van der Waals surface area contributed by atoms with Gasteiger partial charge in [-0.3, -0.25) is 14.4 Å². The molecule has 0 amide bonds. The molecule has 0 aromatic rings. The van der Waals surface area contributed by atoms with E-state index in [1.54, 1.807) is 13.8 Å². The SMILES string of the molecule is CCOC(=O)CC[C@@H](C)[C@H]1CC[C@H]2[C@@H]3[C@H](C(C)=O)CC4C[C@H](C(C)=O)CC[C@]4(C)[C@H]3C[C@H](O)[C@]12C. The van der Waals surface area contributed by atoms with E-state index >= 15 is 0 Å². The number of ketones is 2. The number of aliphatic hydroxyl groups excluding tert-OH is 1. The van der Waals surface area contributed by atoms with Crippen molar-refractivity contribution in [1.29, 1.82) is 0 Å². The van der Waals surface area contributed by atoms with Crippen LogP contribution in [0.3, 0.4) is 0 Å². The molecule has 35 heavy (non-hydrogen) atoms. The summed E-state index contributed by atoms with van der Waals surface area (Å²) in [4.78, 5) is 37.3. The third kappa shape index (κ3) is 4.42. The molecule has 4 aliphatic rings.